The molecule has 6 heteroatoms. The summed E-state index contributed by atoms with van der Waals surface area (Å²) in [6, 6.07) is 9.65. The maximum absolute atomic E-state index is 11.2. The molecule has 0 amide bonds. The van der Waals surface area contributed by atoms with Crippen LogP contribution in [0.25, 0.3) is 0 Å². The van der Waals surface area contributed by atoms with E-state index in [0.717, 1.165) is 23.2 Å². The predicted octanol–water partition coefficient (Wildman–Crippen LogP) is 3.63. The van der Waals surface area contributed by atoms with Crippen LogP contribution >= 0.6 is 0 Å². The standard InChI is InChI=1S/C16H21N3O2S/c1-11(2)14-7-5-6-12(3)16(14)18-13-8-9-15(17-10-13)19-22(4,20)21/h5-11,18H,1-4H3,(H,17,19). The van der Waals surface area contributed by atoms with E-state index in [1.54, 1.807) is 18.3 Å². The van der Waals surface area contributed by atoms with E-state index < -0.39 is 10.0 Å². The summed E-state index contributed by atoms with van der Waals surface area (Å²) in [7, 11) is -3.31. The Labute approximate surface area is 131 Å². The molecule has 0 aliphatic rings. The molecule has 22 heavy (non-hydrogen) atoms. The first-order valence-corrected chi connectivity index (χ1v) is 8.96. The highest BCUT2D eigenvalue weighted by Crippen LogP contribution is 2.30. The van der Waals surface area contributed by atoms with Crippen LogP contribution in [-0.4, -0.2) is 19.7 Å². The van der Waals surface area contributed by atoms with E-state index in [0.29, 0.717) is 11.7 Å². The van der Waals surface area contributed by atoms with Gasteiger partial charge >= 0.3 is 0 Å². The van der Waals surface area contributed by atoms with Crippen molar-refractivity contribution in [1.29, 1.82) is 0 Å². The molecule has 2 rings (SSSR count). The molecule has 0 spiro atoms. The van der Waals surface area contributed by atoms with Crippen molar-refractivity contribution in [3.63, 3.8) is 0 Å². The van der Waals surface area contributed by atoms with Gasteiger partial charge in [0.25, 0.3) is 0 Å². The van der Waals surface area contributed by atoms with Gasteiger partial charge in [-0.15, -0.1) is 0 Å². The highest BCUT2D eigenvalue weighted by atomic mass is 32.2. The third-order valence-corrected chi connectivity index (χ3v) is 3.83. The van der Waals surface area contributed by atoms with Crippen molar-refractivity contribution in [2.24, 2.45) is 0 Å². The van der Waals surface area contributed by atoms with Crippen LogP contribution < -0.4 is 10.0 Å². The number of hydrogen-bond acceptors (Lipinski definition) is 4. The summed E-state index contributed by atoms with van der Waals surface area (Å²) in [5.74, 6) is 0.712. The Morgan fingerprint density at radius 1 is 1.14 bits per heavy atom. The van der Waals surface area contributed by atoms with Gasteiger partial charge in [0.1, 0.15) is 5.82 Å². The van der Waals surface area contributed by atoms with Crippen LogP contribution in [0.4, 0.5) is 17.2 Å². The number of aromatic nitrogens is 1. The van der Waals surface area contributed by atoms with Crippen molar-refractivity contribution in [2.75, 3.05) is 16.3 Å². The minimum absolute atomic E-state index is 0.307. The Hall–Kier alpha value is -2.08. The average molecular weight is 319 g/mol. The third kappa shape index (κ3) is 4.21. The van der Waals surface area contributed by atoms with Gasteiger partial charge in [-0.3, -0.25) is 4.72 Å². The predicted molar refractivity (Wildman–Crippen MR) is 91.3 cm³/mol. The van der Waals surface area contributed by atoms with Gasteiger partial charge < -0.3 is 5.32 Å². The highest BCUT2D eigenvalue weighted by Gasteiger charge is 2.09. The monoisotopic (exact) mass is 319 g/mol. The summed E-state index contributed by atoms with van der Waals surface area (Å²) in [5.41, 5.74) is 4.28. The molecule has 5 nitrogen and oxygen atoms in total. The van der Waals surface area contributed by atoms with Crippen LogP contribution in [0.1, 0.15) is 30.9 Å². The van der Waals surface area contributed by atoms with Crippen molar-refractivity contribution in [2.45, 2.75) is 26.7 Å². The maximum atomic E-state index is 11.2. The van der Waals surface area contributed by atoms with Crippen LogP contribution in [-0.2, 0) is 10.0 Å². The number of hydrogen-bond donors (Lipinski definition) is 2. The van der Waals surface area contributed by atoms with Crippen LogP contribution in [0.15, 0.2) is 36.5 Å². The maximum Gasteiger partial charge on any atom is 0.230 e. The number of sulfonamides is 1. The van der Waals surface area contributed by atoms with E-state index >= 15 is 0 Å². The summed E-state index contributed by atoms with van der Waals surface area (Å²) in [4.78, 5) is 4.11. The topological polar surface area (TPSA) is 71.1 Å². The van der Waals surface area contributed by atoms with Gasteiger partial charge in [0.2, 0.25) is 10.0 Å². The van der Waals surface area contributed by atoms with E-state index in [1.165, 1.54) is 5.56 Å². The molecular weight excluding hydrogens is 298 g/mol. The molecule has 2 aromatic rings. The Morgan fingerprint density at radius 2 is 1.86 bits per heavy atom. The number of aryl methyl sites for hydroxylation is 1. The van der Waals surface area contributed by atoms with Crippen molar-refractivity contribution in [3.8, 4) is 0 Å². The zero-order valence-corrected chi connectivity index (χ0v) is 14.0. The summed E-state index contributed by atoms with van der Waals surface area (Å²) in [6.45, 7) is 6.36. The Morgan fingerprint density at radius 3 is 2.41 bits per heavy atom. The fourth-order valence-corrected chi connectivity index (χ4v) is 2.71. The first kappa shape index (κ1) is 16.3. The van der Waals surface area contributed by atoms with Crippen LogP contribution in [0.5, 0.6) is 0 Å². The fraction of sp³-hybridized carbons (Fsp3) is 0.312. The molecule has 0 aliphatic heterocycles. The molecule has 2 N–H and O–H groups in total. The molecule has 0 fully saturated rings. The van der Waals surface area contributed by atoms with Crippen LogP contribution in [0.3, 0.4) is 0 Å². The molecule has 1 aromatic heterocycles. The molecule has 0 atom stereocenters. The lowest BCUT2D eigenvalue weighted by atomic mass is 9.98. The largest absolute Gasteiger partial charge is 0.354 e. The van der Waals surface area contributed by atoms with Crippen molar-refractivity contribution in [1.82, 2.24) is 4.98 Å². The number of anilines is 3. The van der Waals surface area contributed by atoms with E-state index in [2.05, 4.69) is 47.9 Å². The molecular formula is C16H21N3O2S. The lowest BCUT2D eigenvalue weighted by Crippen LogP contribution is -2.10. The number of nitrogens with zero attached hydrogens (tertiary/aromatic N) is 1. The number of pyridine rings is 1. The lowest BCUT2D eigenvalue weighted by molar-refractivity contribution is 0.606. The number of benzene rings is 1. The summed E-state index contributed by atoms with van der Waals surface area (Å²) >= 11 is 0. The van der Waals surface area contributed by atoms with Crippen molar-refractivity contribution in [3.05, 3.63) is 47.7 Å². The van der Waals surface area contributed by atoms with Crippen molar-refractivity contribution < 1.29 is 8.42 Å². The lowest BCUT2D eigenvalue weighted by Gasteiger charge is -2.17. The van der Waals surface area contributed by atoms with Gasteiger partial charge in [-0.2, -0.15) is 0 Å². The molecule has 0 saturated heterocycles. The fourth-order valence-electron chi connectivity index (χ4n) is 2.20. The first-order valence-electron chi connectivity index (χ1n) is 7.06. The number of para-hydroxylation sites is 1. The molecule has 1 aromatic carbocycles. The second-order valence-electron chi connectivity index (χ2n) is 5.63. The van der Waals surface area contributed by atoms with E-state index in [-0.39, 0.29) is 0 Å². The van der Waals surface area contributed by atoms with E-state index in [1.807, 2.05) is 6.07 Å². The minimum Gasteiger partial charge on any atom is -0.354 e. The smallest absolute Gasteiger partial charge is 0.230 e. The second-order valence-corrected chi connectivity index (χ2v) is 7.37. The molecule has 0 bridgehead atoms. The molecule has 0 saturated carbocycles. The van der Waals surface area contributed by atoms with Crippen LogP contribution in [0, 0.1) is 6.92 Å². The van der Waals surface area contributed by atoms with E-state index in [4.69, 9.17) is 0 Å². The quantitative estimate of drug-likeness (QED) is 0.883. The summed E-state index contributed by atoms with van der Waals surface area (Å²) in [5, 5.41) is 3.37. The Kier molecular flexibility index (Phi) is 4.71. The number of nitrogens with one attached hydrogen (secondary N) is 2. The third-order valence-electron chi connectivity index (χ3n) is 3.25. The number of rotatable bonds is 5. The van der Waals surface area contributed by atoms with Gasteiger partial charge in [0.15, 0.2) is 0 Å². The average Bonchev–Trinajstić information content (AvgIpc) is 2.41. The summed E-state index contributed by atoms with van der Waals surface area (Å²) in [6.07, 6.45) is 2.72. The molecule has 0 aliphatic carbocycles. The second kappa shape index (κ2) is 6.36. The Balaban J connectivity index is 2.25. The van der Waals surface area contributed by atoms with Crippen molar-refractivity contribution >= 4 is 27.2 Å². The van der Waals surface area contributed by atoms with Crippen LogP contribution in [0.2, 0.25) is 0 Å². The molecule has 1 heterocycles. The first-order chi connectivity index (χ1) is 10.3. The zero-order chi connectivity index (χ0) is 16.3. The zero-order valence-electron chi connectivity index (χ0n) is 13.2. The van der Waals surface area contributed by atoms with Gasteiger partial charge in [-0.25, -0.2) is 13.4 Å². The molecule has 0 radical (unpaired) electrons. The molecule has 0 unspecified atom stereocenters. The SMILES string of the molecule is Cc1cccc(C(C)C)c1Nc1ccc(NS(C)(=O)=O)nc1. The summed E-state index contributed by atoms with van der Waals surface area (Å²) < 4.78 is 24.7. The van der Waals surface area contributed by atoms with Gasteiger partial charge in [0.05, 0.1) is 18.1 Å². The Bertz CT molecular complexity index is 753. The normalized spacial score (nSPS) is 11.5. The van der Waals surface area contributed by atoms with Gasteiger partial charge in [-0.05, 0) is 36.1 Å². The van der Waals surface area contributed by atoms with Gasteiger partial charge in [0, 0.05) is 5.69 Å². The van der Waals surface area contributed by atoms with Gasteiger partial charge in [-0.1, -0.05) is 32.0 Å². The highest BCUT2D eigenvalue weighted by molar-refractivity contribution is 7.92. The van der Waals surface area contributed by atoms with E-state index in [9.17, 15) is 8.42 Å². The molecule has 118 valence electrons. The minimum atomic E-state index is -3.31.